The summed E-state index contributed by atoms with van der Waals surface area (Å²) >= 11 is 5.64. The molecule has 0 saturated carbocycles. The van der Waals surface area contributed by atoms with Crippen LogP contribution in [-0.4, -0.2) is 17.6 Å². The first-order valence-electron chi connectivity index (χ1n) is 14.1. The molecule has 1 aliphatic rings. The van der Waals surface area contributed by atoms with Crippen molar-refractivity contribution < 1.29 is 18.7 Å². The van der Waals surface area contributed by atoms with E-state index in [1.165, 1.54) is 17.4 Å². The first-order chi connectivity index (χ1) is 22.2. The van der Waals surface area contributed by atoms with Crippen molar-refractivity contribution in [2.45, 2.75) is 19.6 Å². The van der Waals surface area contributed by atoms with Gasteiger partial charge in [-0.2, -0.15) is 0 Å². The molecule has 1 atom stereocenters. The van der Waals surface area contributed by atoms with Gasteiger partial charge in [-0.3, -0.25) is 14.2 Å². The van der Waals surface area contributed by atoms with Crippen LogP contribution in [0.4, 0.5) is 10.1 Å². The number of halogens is 3. The number of nitrogens with one attached hydrogen (secondary N) is 1. The number of allylic oxidation sites excluding steroid dienone is 1. The Morgan fingerprint density at radius 2 is 1.76 bits per heavy atom. The molecule has 1 N–H and O–H groups in total. The van der Waals surface area contributed by atoms with Gasteiger partial charge in [0.25, 0.3) is 11.5 Å². The number of hydrogen-bond donors (Lipinski definition) is 1. The molecule has 1 aliphatic heterocycles. The third kappa shape index (κ3) is 6.67. The van der Waals surface area contributed by atoms with Gasteiger partial charge >= 0.3 is 0 Å². The lowest BCUT2D eigenvalue weighted by Gasteiger charge is -2.25. The van der Waals surface area contributed by atoms with Gasteiger partial charge in [0.15, 0.2) is 4.80 Å². The second-order valence-electron chi connectivity index (χ2n) is 10.4. The number of carbonyl (C=O) groups excluding carboxylic acids is 1. The number of anilines is 1. The van der Waals surface area contributed by atoms with E-state index in [9.17, 15) is 14.0 Å². The van der Waals surface area contributed by atoms with E-state index in [0.717, 1.165) is 12.7 Å². The van der Waals surface area contributed by atoms with Crippen molar-refractivity contribution in [3.8, 4) is 11.5 Å². The van der Waals surface area contributed by atoms with E-state index in [4.69, 9.17) is 14.5 Å². The van der Waals surface area contributed by atoms with E-state index in [2.05, 4.69) is 50.5 Å². The van der Waals surface area contributed by atoms with E-state index in [1.807, 2.05) is 42.5 Å². The summed E-state index contributed by atoms with van der Waals surface area (Å²) in [6, 6.07) is 26.1. The molecule has 0 spiro atoms. The number of para-hydroxylation sites is 1. The minimum Gasteiger partial charge on any atom is -0.497 e. The molecule has 0 saturated heterocycles. The molecule has 6 rings (SSSR count). The van der Waals surface area contributed by atoms with Crippen molar-refractivity contribution in [2.75, 3.05) is 12.4 Å². The highest BCUT2D eigenvalue weighted by Gasteiger charge is 2.32. The SMILES string of the molecule is COc1ccc([C@H]2C(C(=O)Nc3ccccc3)=C(C)N=c3s/c(=C/c4cc(I)cc(I)c4OCc4ccccc4F)c(=O)n32)cc1. The van der Waals surface area contributed by atoms with Crippen molar-refractivity contribution >= 4 is 74.2 Å². The second kappa shape index (κ2) is 13.9. The van der Waals surface area contributed by atoms with E-state index < -0.39 is 6.04 Å². The Kier molecular flexibility index (Phi) is 9.70. The highest BCUT2D eigenvalue weighted by atomic mass is 127. The number of fused-ring (bicyclic) bond motifs is 1. The van der Waals surface area contributed by atoms with E-state index in [1.54, 1.807) is 67.1 Å². The third-order valence-corrected chi connectivity index (χ3v) is 9.79. The van der Waals surface area contributed by atoms with Crippen molar-refractivity contribution in [1.82, 2.24) is 4.57 Å². The van der Waals surface area contributed by atoms with Crippen molar-refractivity contribution in [1.29, 1.82) is 0 Å². The summed E-state index contributed by atoms with van der Waals surface area (Å²) in [5.41, 5.74) is 3.06. The summed E-state index contributed by atoms with van der Waals surface area (Å²) in [6.45, 7) is 1.81. The number of benzene rings is 4. The number of aromatic nitrogens is 1. The van der Waals surface area contributed by atoms with Crippen LogP contribution in [0.25, 0.3) is 6.08 Å². The van der Waals surface area contributed by atoms with Crippen LogP contribution in [0.3, 0.4) is 0 Å². The minimum absolute atomic E-state index is 0.0297. The molecule has 11 heteroatoms. The first kappa shape index (κ1) is 32.1. The zero-order chi connectivity index (χ0) is 32.4. The van der Waals surface area contributed by atoms with Crippen molar-refractivity contribution in [2.24, 2.45) is 4.99 Å². The topological polar surface area (TPSA) is 81.9 Å². The molecule has 232 valence electrons. The smallest absolute Gasteiger partial charge is 0.271 e. The third-order valence-electron chi connectivity index (χ3n) is 7.38. The molecule has 0 unspecified atom stereocenters. The number of amides is 1. The minimum atomic E-state index is -0.735. The van der Waals surface area contributed by atoms with Gasteiger partial charge in [-0.15, -0.1) is 0 Å². The van der Waals surface area contributed by atoms with Gasteiger partial charge < -0.3 is 14.8 Å². The Bertz CT molecular complexity index is 2160. The average Bonchev–Trinajstić information content (AvgIpc) is 3.34. The summed E-state index contributed by atoms with van der Waals surface area (Å²) in [5.74, 6) is 0.502. The van der Waals surface area contributed by atoms with Gasteiger partial charge in [0.1, 0.15) is 23.9 Å². The lowest BCUT2D eigenvalue weighted by Crippen LogP contribution is -2.40. The highest BCUT2D eigenvalue weighted by molar-refractivity contribution is 14.1. The highest BCUT2D eigenvalue weighted by Crippen LogP contribution is 2.33. The normalized spacial score (nSPS) is 14.5. The first-order valence-corrected chi connectivity index (χ1v) is 17.1. The average molecular weight is 857 g/mol. The number of ether oxygens (including phenoxy) is 2. The van der Waals surface area contributed by atoms with Gasteiger partial charge in [-0.05, 0) is 106 Å². The van der Waals surface area contributed by atoms with Gasteiger partial charge in [0, 0.05) is 20.4 Å². The summed E-state index contributed by atoms with van der Waals surface area (Å²) in [5, 5.41) is 2.97. The maximum Gasteiger partial charge on any atom is 0.271 e. The number of carbonyl (C=O) groups is 1. The number of rotatable bonds is 8. The molecule has 46 heavy (non-hydrogen) atoms. The molecular weight excluding hydrogens is 831 g/mol. The number of thiazole rings is 1. The van der Waals surface area contributed by atoms with Crippen LogP contribution in [0.1, 0.15) is 29.7 Å². The molecule has 1 amide bonds. The quantitative estimate of drug-likeness (QED) is 0.174. The van der Waals surface area contributed by atoms with E-state index >= 15 is 0 Å². The Hall–Kier alpha value is -3.82. The second-order valence-corrected chi connectivity index (χ2v) is 13.8. The summed E-state index contributed by atoms with van der Waals surface area (Å²) < 4.78 is 29.7. The summed E-state index contributed by atoms with van der Waals surface area (Å²) in [7, 11) is 1.58. The lowest BCUT2D eigenvalue weighted by molar-refractivity contribution is -0.113. The molecule has 5 aromatic rings. The zero-order valence-corrected chi connectivity index (χ0v) is 29.7. The van der Waals surface area contributed by atoms with Gasteiger partial charge in [-0.1, -0.05) is 59.9 Å². The number of nitrogens with zero attached hydrogens (tertiary/aromatic N) is 2. The fourth-order valence-electron chi connectivity index (χ4n) is 5.18. The van der Waals surface area contributed by atoms with Crippen LogP contribution in [0.5, 0.6) is 11.5 Å². The predicted octanol–water partition coefficient (Wildman–Crippen LogP) is 6.81. The molecule has 7 nitrogen and oxygen atoms in total. The predicted molar refractivity (Wildman–Crippen MR) is 194 cm³/mol. The molecule has 0 fully saturated rings. The van der Waals surface area contributed by atoms with Gasteiger partial charge in [0.2, 0.25) is 0 Å². The number of methoxy groups -OCH3 is 1. The van der Waals surface area contributed by atoms with Crippen LogP contribution in [0.2, 0.25) is 0 Å². The van der Waals surface area contributed by atoms with Crippen LogP contribution in [0, 0.1) is 13.0 Å². The molecule has 0 bridgehead atoms. The van der Waals surface area contributed by atoms with E-state index in [0.29, 0.717) is 48.9 Å². The van der Waals surface area contributed by atoms with Gasteiger partial charge in [0.05, 0.1) is 32.5 Å². The monoisotopic (exact) mass is 857 g/mol. The molecular formula is C35H26FI2N3O4S. The Balaban J connectivity index is 1.47. The summed E-state index contributed by atoms with van der Waals surface area (Å²) in [4.78, 5) is 33.3. The molecule has 1 aromatic heterocycles. The van der Waals surface area contributed by atoms with Crippen LogP contribution < -0.4 is 29.7 Å². The van der Waals surface area contributed by atoms with Crippen LogP contribution in [-0.2, 0) is 11.4 Å². The number of hydrogen-bond acceptors (Lipinski definition) is 6. The fourth-order valence-corrected chi connectivity index (χ4v) is 8.26. The summed E-state index contributed by atoms with van der Waals surface area (Å²) in [6.07, 6.45) is 1.78. The molecule has 0 radical (unpaired) electrons. The molecule has 0 aliphatic carbocycles. The maximum absolute atomic E-state index is 14.4. The standard InChI is InChI=1S/C35H26FI2N3O4S/c1-20-30(33(42)40-25-9-4-3-5-10-25)31(21-12-14-26(44-2)15-13-21)41-34(43)29(46-35(41)39-20)17-23-16-24(37)18-28(38)32(23)45-19-22-8-6-7-11-27(22)36/h3-18,31H,19H2,1-2H3,(H,40,42)/b29-17+/t31-/m0/s1. The largest absolute Gasteiger partial charge is 0.497 e. The zero-order valence-electron chi connectivity index (χ0n) is 24.6. The van der Waals surface area contributed by atoms with Gasteiger partial charge in [-0.25, -0.2) is 9.38 Å². The van der Waals surface area contributed by atoms with Crippen molar-refractivity contribution in [3.63, 3.8) is 0 Å². The molecule has 4 aromatic carbocycles. The Labute approximate surface area is 295 Å². The van der Waals surface area contributed by atoms with Crippen LogP contribution in [0.15, 0.2) is 112 Å². The molecule has 2 heterocycles. The maximum atomic E-state index is 14.4. The van der Waals surface area contributed by atoms with Crippen molar-refractivity contribution in [3.05, 3.63) is 152 Å². The Morgan fingerprint density at radius 1 is 1.04 bits per heavy atom. The lowest BCUT2D eigenvalue weighted by atomic mass is 9.95. The fraction of sp³-hybridized carbons (Fsp3) is 0.114. The van der Waals surface area contributed by atoms with Crippen LogP contribution >= 0.6 is 56.5 Å². The Morgan fingerprint density at radius 3 is 2.48 bits per heavy atom. The van der Waals surface area contributed by atoms with E-state index in [-0.39, 0.29) is 23.9 Å².